The van der Waals surface area contributed by atoms with Crippen LogP contribution in [0.3, 0.4) is 0 Å². The van der Waals surface area contributed by atoms with Gasteiger partial charge >= 0.3 is 0 Å². The van der Waals surface area contributed by atoms with Crippen LogP contribution in [0.15, 0.2) is 0 Å². The van der Waals surface area contributed by atoms with Crippen molar-refractivity contribution in [2.24, 2.45) is 0 Å². The summed E-state index contributed by atoms with van der Waals surface area (Å²) in [6.45, 7) is 0. The molecule has 1 rings (SSSR count). The molecule has 0 bridgehead atoms. The van der Waals surface area contributed by atoms with Gasteiger partial charge in [-0.05, 0) is 0 Å². The summed E-state index contributed by atoms with van der Waals surface area (Å²) < 4.78 is 0. The maximum Gasteiger partial charge on any atom is 0.239 e. The number of aliphatic hydroxyl groups excluding tert-OH is 1. The molecule has 0 aromatic heterocycles. The smallest absolute Gasteiger partial charge is 0.239 e. The molecule has 11 heavy (non-hydrogen) atoms. The van der Waals surface area contributed by atoms with Gasteiger partial charge in [-0.2, -0.15) is 0 Å². The van der Waals surface area contributed by atoms with Gasteiger partial charge in [-0.15, -0.1) is 0 Å². The third-order valence-corrected chi connectivity index (χ3v) is 1.87. The number of hydrogen-bond donors (Lipinski definition) is 1. The lowest BCUT2D eigenvalue weighted by atomic mass is 9.92. The number of carbonyl (C=O) groups is 1. The van der Waals surface area contributed by atoms with E-state index in [1.54, 1.807) is 0 Å². The molecule has 1 aliphatic carbocycles. The fraction of sp³-hybridized carbons (Fsp3) is 0.833. The van der Waals surface area contributed by atoms with Crippen molar-refractivity contribution in [3.63, 3.8) is 0 Å². The van der Waals surface area contributed by atoms with E-state index < -0.39 is 17.1 Å². The number of Topliss-reactive ketones (excluding diaryl/α,β-unsaturated/α-hetero) is 1. The van der Waals surface area contributed by atoms with Crippen LogP contribution in [0.1, 0.15) is 19.3 Å². The van der Waals surface area contributed by atoms with Crippen LogP contribution in [0, 0.1) is 10.1 Å². The number of rotatable bonds is 1. The highest BCUT2D eigenvalue weighted by molar-refractivity contribution is 5.79. The van der Waals surface area contributed by atoms with Crippen LogP contribution in [-0.2, 0) is 4.79 Å². The number of aliphatic hydroxyl groups is 1. The molecule has 1 fully saturated rings. The topological polar surface area (TPSA) is 80.4 Å². The average molecular weight is 159 g/mol. The fourth-order valence-electron chi connectivity index (χ4n) is 1.22. The van der Waals surface area contributed by atoms with E-state index in [1.807, 2.05) is 0 Å². The van der Waals surface area contributed by atoms with E-state index in [2.05, 4.69) is 0 Å². The molecule has 2 unspecified atom stereocenters. The van der Waals surface area contributed by atoms with Gasteiger partial charge in [-0.25, -0.2) is 0 Å². The normalized spacial score (nSPS) is 31.9. The van der Waals surface area contributed by atoms with Crippen molar-refractivity contribution in [2.45, 2.75) is 31.4 Å². The average Bonchev–Trinajstić information content (AvgIpc) is 1.85. The third kappa shape index (κ3) is 1.74. The molecule has 1 aliphatic rings. The summed E-state index contributed by atoms with van der Waals surface area (Å²) in [4.78, 5) is 20.3. The molecular weight excluding hydrogens is 150 g/mol. The summed E-state index contributed by atoms with van der Waals surface area (Å²) in [6, 6.07) is -0.937. The van der Waals surface area contributed by atoms with Crippen molar-refractivity contribution >= 4 is 5.78 Å². The van der Waals surface area contributed by atoms with Crippen LogP contribution in [0.5, 0.6) is 0 Å². The van der Waals surface area contributed by atoms with E-state index in [1.165, 1.54) is 0 Å². The van der Waals surface area contributed by atoms with Gasteiger partial charge in [-0.3, -0.25) is 14.9 Å². The van der Waals surface area contributed by atoms with Crippen molar-refractivity contribution in [3.05, 3.63) is 10.1 Å². The predicted molar refractivity (Wildman–Crippen MR) is 35.6 cm³/mol. The molecule has 0 aliphatic heterocycles. The van der Waals surface area contributed by atoms with Crippen molar-refractivity contribution in [3.8, 4) is 0 Å². The molecule has 0 saturated heterocycles. The molecule has 0 aromatic rings. The summed E-state index contributed by atoms with van der Waals surface area (Å²) >= 11 is 0. The zero-order chi connectivity index (χ0) is 8.43. The number of nitro groups is 1. The molecule has 0 spiro atoms. The number of nitrogens with zero attached hydrogens (tertiary/aromatic N) is 1. The first-order valence-corrected chi connectivity index (χ1v) is 3.44. The minimum absolute atomic E-state index is 0.0638. The van der Waals surface area contributed by atoms with Gasteiger partial charge in [0.15, 0.2) is 0 Å². The second-order valence-corrected chi connectivity index (χ2v) is 2.70. The minimum Gasteiger partial charge on any atom is -0.385 e. The van der Waals surface area contributed by atoms with E-state index in [-0.39, 0.29) is 25.0 Å². The van der Waals surface area contributed by atoms with Gasteiger partial charge in [-0.1, -0.05) is 0 Å². The lowest BCUT2D eigenvalue weighted by molar-refractivity contribution is -0.536. The maximum atomic E-state index is 10.7. The van der Waals surface area contributed by atoms with E-state index in [4.69, 9.17) is 5.11 Å². The van der Waals surface area contributed by atoms with Gasteiger partial charge in [0, 0.05) is 24.2 Å². The Labute approximate surface area is 63.2 Å². The van der Waals surface area contributed by atoms with Gasteiger partial charge in [0.2, 0.25) is 6.04 Å². The van der Waals surface area contributed by atoms with Gasteiger partial charge < -0.3 is 5.11 Å². The Hall–Kier alpha value is -0.970. The first-order chi connectivity index (χ1) is 5.11. The standard InChI is InChI=1S/C6H9NO4/c8-4-1-2-5(7(10)11)6(9)3-4/h5-6,9H,1-3H2. The molecule has 5 nitrogen and oxygen atoms in total. The van der Waals surface area contributed by atoms with Gasteiger partial charge in [0.05, 0.1) is 0 Å². The molecule has 0 amide bonds. The van der Waals surface area contributed by atoms with Crippen molar-refractivity contribution in [1.29, 1.82) is 0 Å². The highest BCUT2D eigenvalue weighted by atomic mass is 16.6. The second kappa shape index (κ2) is 2.96. The summed E-state index contributed by atoms with van der Waals surface area (Å²) in [7, 11) is 0. The van der Waals surface area contributed by atoms with E-state index in [9.17, 15) is 14.9 Å². The SMILES string of the molecule is O=C1CCC([N+](=O)[O-])C(O)C1. The molecule has 0 radical (unpaired) electrons. The van der Waals surface area contributed by atoms with Crippen LogP contribution in [0.2, 0.25) is 0 Å². The lowest BCUT2D eigenvalue weighted by Gasteiger charge is -2.19. The molecule has 62 valence electrons. The number of carbonyl (C=O) groups excluding carboxylic acids is 1. The maximum absolute atomic E-state index is 10.7. The lowest BCUT2D eigenvalue weighted by Crippen LogP contribution is -2.39. The molecule has 1 saturated carbocycles. The molecule has 0 aromatic carbocycles. The Morgan fingerprint density at radius 1 is 1.64 bits per heavy atom. The number of hydrogen-bond acceptors (Lipinski definition) is 4. The molecule has 5 heteroatoms. The molecular formula is C6H9NO4. The van der Waals surface area contributed by atoms with Crippen LogP contribution >= 0.6 is 0 Å². The molecule has 2 atom stereocenters. The zero-order valence-corrected chi connectivity index (χ0v) is 5.90. The Balaban J connectivity index is 2.57. The molecule has 0 heterocycles. The van der Waals surface area contributed by atoms with Crippen LogP contribution in [-0.4, -0.2) is 28.0 Å². The first-order valence-electron chi connectivity index (χ1n) is 3.44. The quantitative estimate of drug-likeness (QED) is 0.422. The van der Waals surface area contributed by atoms with Crippen LogP contribution < -0.4 is 0 Å². The summed E-state index contributed by atoms with van der Waals surface area (Å²) in [6.07, 6.45) is -0.743. The zero-order valence-electron chi connectivity index (χ0n) is 5.90. The summed E-state index contributed by atoms with van der Waals surface area (Å²) in [5, 5.41) is 19.3. The Kier molecular flexibility index (Phi) is 2.19. The van der Waals surface area contributed by atoms with Crippen molar-refractivity contribution in [2.75, 3.05) is 0 Å². The highest BCUT2D eigenvalue weighted by Crippen LogP contribution is 2.17. The minimum atomic E-state index is -1.08. The monoisotopic (exact) mass is 159 g/mol. The second-order valence-electron chi connectivity index (χ2n) is 2.70. The van der Waals surface area contributed by atoms with E-state index >= 15 is 0 Å². The Bertz CT molecular complexity index is 191. The van der Waals surface area contributed by atoms with E-state index in [0.29, 0.717) is 0 Å². The largest absolute Gasteiger partial charge is 0.385 e. The van der Waals surface area contributed by atoms with Crippen molar-refractivity contribution < 1.29 is 14.8 Å². The summed E-state index contributed by atoms with van der Waals surface area (Å²) in [5.41, 5.74) is 0. The Morgan fingerprint density at radius 3 is 2.73 bits per heavy atom. The molecule has 1 N–H and O–H groups in total. The number of ketones is 1. The third-order valence-electron chi connectivity index (χ3n) is 1.87. The van der Waals surface area contributed by atoms with Crippen molar-refractivity contribution in [1.82, 2.24) is 0 Å². The Morgan fingerprint density at radius 2 is 2.27 bits per heavy atom. The first kappa shape index (κ1) is 8.13. The summed E-state index contributed by atoms with van der Waals surface area (Å²) in [5.74, 6) is -0.0874. The van der Waals surface area contributed by atoms with Gasteiger partial charge in [0.25, 0.3) is 0 Å². The van der Waals surface area contributed by atoms with Crippen LogP contribution in [0.4, 0.5) is 0 Å². The predicted octanol–water partition coefficient (Wildman–Crippen LogP) is -0.254. The van der Waals surface area contributed by atoms with E-state index in [0.717, 1.165) is 0 Å². The van der Waals surface area contributed by atoms with Crippen LogP contribution in [0.25, 0.3) is 0 Å². The fourth-order valence-corrected chi connectivity index (χ4v) is 1.22. The van der Waals surface area contributed by atoms with Gasteiger partial charge in [0.1, 0.15) is 11.9 Å². The highest BCUT2D eigenvalue weighted by Gasteiger charge is 2.35.